The molecule has 0 rings (SSSR count). The van der Waals surface area contributed by atoms with Crippen molar-refractivity contribution in [3.63, 3.8) is 0 Å². The molecule has 0 aromatic heterocycles. The Balaban J connectivity index is -0.00000000500. The van der Waals surface area contributed by atoms with Crippen LogP contribution in [0.4, 0.5) is 0 Å². The van der Waals surface area contributed by atoms with Gasteiger partial charge in [0.1, 0.15) is 0 Å². The molecular formula is AlCoMoO. The van der Waals surface area contributed by atoms with Crippen LogP contribution in [0, 0.1) is 0 Å². The Morgan fingerprint density at radius 3 is 1.25 bits per heavy atom. The summed E-state index contributed by atoms with van der Waals surface area (Å²) < 4.78 is 8.26. The van der Waals surface area contributed by atoms with Crippen molar-refractivity contribution in [1.29, 1.82) is 0 Å². The zero-order valence-corrected chi connectivity index (χ0v) is 5.93. The van der Waals surface area contributed by atoms with E-state index in [1.165, 1.54) is 0 Å². The van der Waals surface area contributed by atoms with Crippen LogP contribution in [0.25, 0.3) is 0 Å². The monoisotopic (exact) mass is 200 g/mol. The molecule has 0 spiro atoms. The van der Waals surface area contributed by atoms with E-state index in [1.807, 2.05) is 0 Å². The van der Waals surface area contributed by atoms with Gasteiger partial charge < -0.3 is 0 Å². The van der Waals surface area contributed by atoms with Gasteiger partial charge in [0.15, 0.2) is 0 Å². The van der Waals surface area contributed by atoms with Gasteiger partial charge in [-0.05, 0) is 0 Å². The third-order valence-electron chi connectivity index (χ3n) is 0. The Morgan fingerprint density at radius 2 is 1.25 bits per heavy atom. The molecule has 0 amide bonds. The number of hydrogen-bond donors (Lipinski definition) is 0. The second kappa shape index (κ2) is 24.1. The molecule has 0 unspecified atom stereocenters. The van der Waals surface area contributed by atoms with Crippen molar-refractivity contribution in [2.75, 3.05) is 0 Å². The van der Waals surface area contributed by atoms with Gasteiger partial charge in [-0.3, -0.25) is 0 Å². The summed E-state index contributed by atoms with van der Waals surface area (Å²) in [5.41, 5.74) is 0. The predicted octanol–water partition coefficient (Wildman–Crippen LogP) is -0.505. The Hall–Kier alpha value is 1.53. The first kappa shape index (κ1) is 17.7. The fourth-order valence-electron chi connectivity index (χ4n) is 0. The molecule has 0 aromatic rings. The third kappa shape index (κ3) is 9.66. The van der Waals surface area contributed by atoms with Crippen molar-refractivity contribution < 1.29 is 40.0 Å². The molecule has 0 bridgehead atoms. The maximum atomic E-state index is 8.26. The second-order valence-corrected chi connectivity index (χ2v) is 0. The average molecular weight is 198 g/mol. The maximum absolute atomic E-state index is 8.26. The third-order valence-corrected chi connectivity index (χ3v) is 0. The van der Waals surface area contributed by atoms with E-state index in [-0.39, 0.29) is 34.1 Å². The molecule has 0 aromatic carbocycles. The summed E-state index contributed by atoms with van der Waals surface area (Å²) in [6.07, 6.45) is 0. The zero-order chi connectivity index (χ0) is 2.00. The first-order valence-corrected chi connectivity index (χ1v) is 0.986. The zero-order valence-electron chi connectivity index (χ0n) is 1.73. The molecule has 0 fully saturated rings. The van der Waals surface area contributed by atoms with Crippen LogP contribution in [0.15, 0.2) is 0 Å². The Kier molecular flexibility index (Phi) is 107. The summed E-state index contributed by atoms with van der Waals surface area (Å²) >= 11 is 0.700. The molecular weight excluding hydrogens is 198 g/mol. The van der Waals surface area contributed by atoms with Gasteiger partial charge in [0, 0.05) is 34.1 Å². The molecule has 4 radical (unpaired) electrons. The van der Waals surface area contributed by atoms with Crippen molar-refractivity contribution in [1.82, 2.24) is 0 Å². The second-order valence-electron chi connectivity index (χ2n) is 0. The summed E-state index contributed by atoms with van der Waals surface area (Å²) in [4.78, 5) is 0. The molecule has 0 saturated heterocycles. The quantitative estimate of drug-likeness (QED) is 0.479. The van der Waals surface area contributed by atoms with Crippen LogP contribution in [0.5, 0.6) is 0 Å². The van der Waals surface area contributed by atoms with Crippen LogP contribution >= 0.6 is 0 Å². The van der Waals surface area contributed by atoms with Crippen LogP contribution in [0.3, 0.4) is 0 Å². The van der Waals surface area contributed by atoms with Gasteiger partial charge in [-0.25, -0.2) is 0 Å². The predicted molar refractivity (Wildman–Crippen MR) is 6.44 cm³/mol. The van der Waals surface area contributed by atoms with Gasteiger partial charge in [-0.15, -0.1) is 0 Å². The minimum absolute atomic E-state index is 0. The van der Waals surface area contributed by atoms with E-state index in [0.717, 1.165) is 0 Å². The van der Waals surface area contributed by atoms with Crippen molar-refractivity contribution in [2.24, 2.45) is 0 Å². The van der Waals surface area contributed by atoms with Crippen LogP contribution in [0.2, 0.25) is 0 Å². The summed E-state index contributed by atoms with van der Waals surface area (Å²) in [7, 11) is 0. The summed E-state index contributed by atoms with van der Waals surface area (Å²) in [5, 5.41) is 0. The van der Waals surface area contributed by atoms with E-state index in [1.54, 1.807) is 0 Å². The first-order chi connectivity index (χ1) is 1.00. The molecule has 0 aliphatic carbocycles. The van der Waals surface area contributed by atoms with Gasteiger partial charge >= 0.3 is 23.2 Å². The van der Waals surface area contributed by atoms with Crippen molar-refractivity contribution in [3.8, 4) is 0 Å². The van der Waals surface area contributed by atoms with E-state index >= 15 is 0 Å². The van der Waals surface area contributed by atoms with Crippen LogP contribution in [0.1, 0.15) is 0 Å². The van der Waals surface area contributed by atoms with E-state index < -0.39 is 0 Å². The fourth-order valence-corrected chi connectivity index (χ4v) is 0. The van der Waals surface area contributed by atoms with Gasteiger partial charge in [0.25, 0.3) is 0 Å². The molecule has 24 valence electrons. The summed E-state index contributed by atoms with van der Waals surface area (Å²) in [6.45, 7) is 0. The average Bonchev–Trinajstić information content (AvgIpc) is 1.00. The molecule has 0 N–H and O–H groups in total. The van der Waals surface area contributed by atoms with Gasteiger partial charge in [0.05, 0.1) is 0 Å². The summed E-state index contributed by atoms with van der Waals surface area (Å²) in [5.74, 6) is 0. The summed E-state index contributed by atoms with van der Waals surface area (Å²) in [6, 6.07) is 0. The van der Waals surface area contributed by atoms with Crippen LogP contribution < -0.4 is 0 Å². The normalized spacial score (nSPS) is 1.00. The molecule has 4 heteroatoms. The minimum atomic E-state index is 0. The van der Waals surface area contributed by atoms with Crippen molar-refractivity contribution >= 4 is 17.4 Å². The fraction of sp³-hybridized carbons (Fsp3) is 0. The standard InChI is InChI=1S/Al.Co.Mo.O. The van der Waals surface area contributed by atoms with Gasteiger partial charge in [0.2, 0.25) is 0 Å². The first-order valence-electron chi connectivity index (χ1n) is 0.167. The molecule has 0 aliphatic heterocycles. The van der Waals surface area contributed by atoms with Crippen LogP contribution in [-0.2, 0) is 40.0 Å². The SMILES string of the molecule is [Al].[Co].[O]=[Mo]. The van der Waals surface area contributed by atoms with E-state index in [9.17, 15) is 0 Å². The number of rotatable bonds is 0. The van der Waals surface area contributed by atoms with Gasteiger partial charge in [-0.1, -0.05) is 0 Å². The van der Waals surface area contributed by atoms with E-state index in [0.29, 0.717) is 19.8 Å². The van der Waals surface area contributed by atoms with E-state index in [2.05, 4.69) is 0 Å². The Bertz CT molecular complexity index is 8.00. The molecule has 0 atom stereocenters. The molecule has 0 heterocycles. The van der Waals surface area contributed by atoms with Gasteiger partial charge in [-0.2, -0.15) is 0 Å². The molecule has 0 aliphatic rings. The van der Waals surface area contributed by atoms with Crippen molar-refractivity contribution in [3.05, 3.63) is 0 Å². The van der Waals surface area contributed by atoms with E-state index in [4.69, 9.17) is 3.40 Å². The van der Waals surface area contributed by atoms with Crippen molar-refractivity contribution in [2.45, 2.75) is 0 Å². The topological polar surface area (TPSA) is 17.1 Å². The molecule has 1 nitrogen and oxygen atoms in total. The Labute approximate surface area is 57.1 Å². The molecule has 0 saturated carbocycles. The number of hydrogen-bond acceptors (Lipinski definition) is 1. The van der Waals surface area contributed by atoms with Crippen LogP contribution in [-0.4, -0.2) is 17.4 Å². The molecule has 4 heavy (non-hydrogen) atoms. The Morgan fingerprint density at radius 1 is 1.25 bits per heavy atom.